The van der Waals surface area contributed by atoms with E-state index in [0.29, 0.717) is 11.2 Å². The highest BCUT2D eigenvalue weighted by molar-refractivity contribution is 5.72. The van der Waals surface area contributed by atoms with Crippen LogP contribution in [0.4, 0.5) is 0 Å². The van der Waals surface area contributed by atoms with Gasteiger partial charge in [-0.15, -0.1) is 0 Å². The minimum absolute atomic E-state index is 0.159. The third kappa shape index (κ3) is 2.77. The third-order valence-corrected chi connectivity index (χ3v) is 2.41. The molecule has 0 saturated heterocycles. The predicted molar refractivity (Wildman–Crippen MR) is 69.4 cm³/mol. The van der Waals surface area contributed by atoms with Crippen LogP contribution in [0, 0.1) is 6.92 Å². The van der Waals surface area contributed by atoms with Crippen molar-refractivity contribution in [3.8, 4) is 0 Å². The number of amides is 1. The lowest BCUT2D eigenvalue weighted by atomic mass is 10.1. The zero-order chi connectivity index (χ0) is 13.7. The molecule has 0 radical (unpaired) electrons. The number of hydrogen-bond donors (Lipinski definition) is 2. The lowest BCUT2D eigenvalue weighted by molar-refractivity contribution is -0.119. The summed E-state index contributed by atoms with van der Waals surface area (Å²) in [6.07, 6.45) is 1.46. The van der Waals surface area contributed by atoms with Crippen LogP contribution in [0.3, 0.4) is 0 Å². The lowest BCUT2D eigenvalue weighted by Crippen LogP contribution is -2.27. The Morgan fingerprint density at radius 2 is 2.17 bits per heavy atom. The van der Waals surface area contributed by atoms with E-state index in [1.54, 1.807) is 6.07 Å². The molecule has 0 aliphatic carbocycles. The number of hydrogen-bond acceptors (Lipinski definition) is 3. The molecule has 0 aliphatic heterocycles. The molecule has 2 N–H and O–H groups in total. The number of carbonyl (C=O) groups excluding carboxylic acids is 1. The first-order chi connectivity index (χ1) is 8.59. The zero-order valence-corrected chi connectivity index (χ0v) is 11.1. The molecule has 0 aromatic carbocycles. The number of nitrogens with zero attached hydrogens (tertiary/aromatic N) is 2. The van der Waals surface area contributed by atoms with Gasteiger partial charge in [0.05, 0.1) is 0 Å². The van der Waals surface area contributed by atoms with Gasteiger partial charge in [-0.2, -0.15) is 0 Å². The molecule has 0 bridgehead atoms. The first kappa shape index (κ1) is 14.0. The predicted octanol–water partition coefficient (Wildman–Crippen LogP) is 0.993. The van der Waals surface area contributed by atoms with Crippen LogP contribution in [0.25, 0.3) is 5.65 Å². The van der Waals surface area contributed by atoms with Gasteiger partial charge < -0.3 is 5.32 Å². The second-order valence-electron chi connectivity index (χ2n) is 3.60. The van der Waals surface area contributed by atoms with Gasteiger partial charge in [-0.3, -0.25) is 14.7 Å². The highest BCUT2D eigenvalue weighted by Gasteiger charge is 2.09. The molecule has 1 amide bonds. The minimum Gasteiger partial charge on any atom is -0.352 e. The Morgan fingerprint density at radius 1 is 1.50 bits per heavy atom. The monoisotopic (exact) mass is 250 g/mol. The van der Waals surface area contributed by atoms with E-state index in [-0.39, 0.29) is 18.0 Å². The van der Waals surface area contributed by atoms with Gasteiger partial charge in [0, 0.05) is 19.0 Å². The third-order valence-electron chi connectivity index (χ3n) is 2.41. The van der Waals surface area contributed by atoms with Crippen molar-refractivity contribution in [1.82, 2.24) is 19.9 Å². The van der Waals surface area contributed by atoms with Crippen molar-refractivity contribution in [3.63, 3.8) is 0 Å². The fraction of sp³-hybridized carbons (Fsp3) is 0.417. The van der Waals surface area contributed by atoms with Crippen LogP contribution in [-0.4, -0.2) is 20.5 Å². The van der Waals surface area contributed by atoms with E-state index in [9.17, 15) is 9.59 Å². The maximum absolute atomic E-state index is 12.0. The molecular weight excluding hydrogens is 232 g/mol. The number of nitrogens with one attached hydrogen (secondary N) is 2. The second kappa shape index (κ2) is 6.00. The van der Waals surface area contributed by atoms with E-state index in [4.69, 9.17) is 0 Å². The molecule has 0 spiro atoms. The Balaban J connectivity index is 0.000000771. The summed E-state index contributed by atoms with van der Waals surface area (Å²) in [6.45, 7) is 7.48. The van der Waals surface area contributed by atoms with Gasteiger partial charge in [-0.05, 0) is 18.6 Å². The average molecular weight is 250 g/mol. The largest absolute Gasteiger partial charge is 0.352 e. The van der Waals surface area contributed by atoms with E-state index >= 15 is 0 Å². The molecule has 6 nitrogen and oxygen atoms in total. The van der Waals surface area contributed by atoms with Gasteiger partial charge in [0.2, 0.25) is 5.91 Å². The number of pyridine rings is 1. The molecule has 0 aliphatic rings. The molecule has 2 aromatic rings. The number of aromatic amines is 1. The van der Waals surface area contributed by atoms with E-state index in [1.807, 2.05) is 20.8 Å². The summed E-state index contributed by atoms with van der Waals surface area (Å²) in [5.74, 6) is -0.159. The second-order valence-corrected chi connectivity index (χ2v) is 3.60. The summed E-state index contributed by atoms with van der Waals surface area (Å²) in [4.78, 5) is 26.8. The Morgan fingerprint density at radius 3 is 2.78 bits per heavy atom. The van der Waals surface area contributed by atoms with Crippen LogP contribution in [0.1, 0.15) is 31.9 Å². The molecule has 0 unspecified atom stereocenters. The van der Waals surface area contributed by atoms with Crippen LogP contribution < -0.4 is 10.9 Å². The standard InChI is InChI=1S/C10H12N4O2.C2H6/c1-6-3-9-12-5-13-14(9)10(16)8(6)4-11-7(2)15;1-2/h3,5H,4H2,1-2H3,(H,11,15)(H,12,13);1-2H3. The van der Waals surface area contributed by atoms with E-state index in [2.05, 4.69) is 15.4 Å². The lowest BCUT2D eigenvalue weighted by Gasteiger charge is -2.05. The highest BCUT2D eigenvalue weighted by atomic mass is 16.1. The summed E-state index contributed by atoms with van der Waals surface area (Å²) in [5.41, 5.74) is 1.79. The minimum atomic E-state index is -0.179. The topological polar surface area (TPSA) is 79.3 Å². The van der Waals surface area contributed by atoms with Gasteiger partial charge in [-0.1, -0.05) is 13.8 Å². The van der Waals surface area contributed by atoms with Crippen molar-refractivity contribution in [2.75, 3.05) is 0 Å². The van der Waals surface area contributed by atoms with Crippen molar-refractivity contribution >= 4 is 11.6 Å². The smallest absolute Gasteiger partial charge is 0.276 e. The Kier molecular flexibility index (Phi) is 4.65. The number of fused-ring (bicyclic) bond motifs is 1. The van der Waals surface area contributed by atoms with E-state index in [1.165, 1.54) is 17.8 Å². The van der Waals surface area contributed by atoms with Gasteiger partial charge in [-0.25, -0.2) is 9.50 Å². The molecule has 0 saturated carbocycles. The molecule has 0 fully saturated rings. The maximum Gasteiger partial charge on any atom is 0.276 e. The Hall–Kier alpha value is -2.11. The molecular formula is C12H18N4O2. The SMILES string of the molecule is CC.CC(=O)NCc1c(C)cc2nc[nH]n2c1=O. The summed E-state index contributed by atoms with van der Waals surface area (Å²) in [5, 5.41) is 5.34. The van der Waals surface area contributed by atoms with Crippen molar-refractivity contribution < 1.29 is 4.79 Å². The van der Waals surface area contributed by atoms with E-state index < -0.39 is 0 Å². The van der Waals surface area contributed by atoms with Crippen LogP contribution in [0.15, 0.2) is 17.2 Å². The number of H-pyrrole nitrogens is 1. The highest BCUT2D eigenvalue weighted by Crippen LogP contribution is 2.05. The average Bonchev–Trinajstić information content (AvgIpc) is 2.79. The van der Waals surface area contributed by atoms with Crippen molar-refractivity contribution in [2.24, 2.45) is 0 Å². The zero-order valence-electron chi connectivity index (χ0n) is 11.1. The first-order valence-electron chi connectivity index (χ1n) is 5.88. The van der Waals surface area contributed by atoms with Crippen LogP contribution in [0.5, 0.6) is 0 Å². The number of rotatable bonds is 2. The molecule has 98 valence electrons. The quantitative estimate of drug-likeness (QED) is 0.834. The molecule has 18 heavy (non-hydrogen) atoms. The van der Waals surface area contributed by atoms with Crippen LogP contribution >= 0.6 is 0 Å². The molecule has 6 heteroatoms. The summed E-state index contributed by atoms with van der Waals surface area (Å²) < 4.78 is 1.35. The number of carbonyl (C=O) groups is 1. The van der Waals surface area contributed by atoms with Gasteiger partial charge >= 0.3 is 0 Å². The fourth-order valence-electron chi connectivity index (χ4n) is 1.55. The number of aryl methyl sites for hydroxylation is 1. The first-order valence-corrected chi connectivity index (χ1v) is 5.88. The van der Waals surface area contributed by atoms with Crippen LogP contribution in [-0.2, 0) is 11.3 Å². The van der Waals surface area contributed by atoms with Crippen molar-refractivity contribution in [2.45, 2.75) is 34.2 Å². The maximum atomic E-state index is 12.0. The molecule has 2 aromatic heterocycles. The normalized spacial score (nSPS) is 9.78. The van der Waals surface area contributed by atoms with Crippen molar-refractivity contribution in [3.05, 3.63) is 33.9 Å². The summed E-state index contributed by atoms with van der Waals surface area (Å²) in [6, 6.07) is 1.80. The van der Waals surface area contributed by atoms with Crippen LogP contribution in [0.2, 0.25) is 0 Å². The Bertz CT molecular complexity index is 598. The van der Waals surface area contributed by atoms with Gasteiger partial charge in [0.25, 0.3) is 5.56 Å². The number of aromatic nitrogens is 3. The van der Waals surface area contributed by atoms with E-state index in [0.717, 1.165) is 5.56 Å². The van der Waals surface area contributed by atoms with Gasteiger partial charge in [0.1, 0.15) is 6.33 Å². The summed E-state index contributed by atoms with van der Waals surface area (Å²) >= 11 is 0. The molecule has 2 heterocycles. The van der Waals surface area contributed by atoms with Crippen molar-refractivity contribution in [1.29, 1.82) is 0 Å². The molecule has 0 atom stereocenters. The summed E-state index contributed by atoms with van der Waals surface area (Å²) in [7, 11) is 0. The fourth-order valence-corrected chi connectivity index (χ4v) is 1.55. The molecule has 2 rings (SSSR count). The van der Waals surface area contributed by atoms with Gasteiger partial charge in [0.15, 0.2) is 5.65 Å². The Labute approximate surface area is 105 Å².